The molecule has 12 heteroatoms. The van der Waals surface area contributed by atoms with Gasteiger partial charge in [0.2, 0.25) is 21.8 Å². The molecule has 0 aliphatic heterocycles. The van der Waals surface area contributed by atoms with Crippen molar-refractivity contribution in [2.45, 2.75) is 19.0 Å². The van der Waals surface area contributed by atoms with Gasteiger partial charge in [-0.1, -0.05) is 71.2 Å². The number of nitrogens with one attached hydrogen (secondary N) is 1. The van der Waals surface area contributed by atoms with Gasteiger partial charge in [0.1, 0.15) is 18.3 Å². The van der Waals surface area contributed by atoms with Crippen LogP contribution in [0, 0.1) is 0 Å². The van der Waals surface area contributed by atoms with Crippen LogP contribution in [-0.4, -0.2) is 58.1 Å². The standard InChI is InChI=1S/C27H28Cl3N3O5S/c1-31-27(35)24(14-18-7-5-4-6-8-18)32(16-19-9-11-21(28)22(29)13-19)26(34)17-33(39(3,36)37)20-10-12-25(38-2)23(30)15-20/h4-13,15,24H,14,16-17H2,1-3H3,(H,31,35)/t24-/m1/s1. The van der Waals surface area contributed by atoms with E-state index >= 15 is 0 Å². The maximum absolute atomic E-state index is 13.9. The Morgan fingerprint density at radius 1 is 0.923 bits per heavy atom. The molecule has 0 aliphatic carbocycles. The lowest BCUT2D eigenvalue weighted by molar-refractivity contribution is -0.139. The van der Waals surface area contributed by atoms with Gasteiger partial charge in [-0.2, -0.15) is 0 Å². The summed E-state index contributed by atoms with van der Waals surface area (Å²) in [4.78, 5) is 28.4. The van der Waals surface area contributed by atoms with E-state index in [1.54, 1.807) is 18.2 Å². The number of carbonyl (C=O) groups is 2. The van der Waals surface area contributed by atoms with Crippen molar-refractivity contribution in [3.8, 4) is 5.75 Å². The molecule has 0 bridgehead atoms. The van der Waals surface area contributed by atoms with Crippen LogP contribution in [0.2, 0.25) is 15.1 Å². The number of sulfonamides is 1. The van der Waals surface area contributed by atoms with Crippen molar-refractivity contribution in [2.75, 3.05) is 31.3 Å². The van der Waals surface area contributed by atoms with E-state index in [1.165, 1.54) is 37.3 Å². The number of hydrogen-bond donors (Lipinski definition) is 1. The van der Waals surface area contributed by atoms with Crippen molar-refractivity contribution >= 4 is 62.3 Å². The minimum atomic E-state index is -3.93. The number of hydrogen-bond acceptors (Lipinski definition) is 5. The van der Waals surface area contributed by atoms with E-state index in [0.717, 1.165) is 16.1 Å². The molecule has 1 atom stereocenters. The average molecular weight is 613 g/mol. The molecule has 3 rings (SSSR count). The van der Waals surface area contributed by atoms with Crippen molar-refractivity contribution in [1.82, 2.24) is 10.2 Å². The molecule has 0 radical (unpaired) electrons. The summed E-state index contributed by atoms with van der Waals surface area (Å²) in [5.41, 5.74) is 1.60. The Bertz CT molecular complexity index is 1440. The van der Waals surface area contributed by atoms with Gasteiger partial charge in [0.25, 0.3) is 0 Å². The normalized spacial score (nSPS) is 11.9. The zero-order valence-corrected chi connectivity index (χ0v) is 24.6. The maximum Gasteiger partial charge on any atom is 0.244 e. The van der Waals surface area contributed by atoms with Gasteiger partial charge in [-0.25, -0.2) is 8.42 Å². The zero-order valence-electron chi connectivity index (χ0n) is 21.5. The number of nitrogens with zero attached hydrogens (tertiary/aromatic N) is 2. The number of carbonyl (C=O) groups excluding carboxylic acids is 2. The SMILES string of the molecule is CNC(=O)[C@@H](Cc1ccccc1)N(Cc1ccc(Cl)c(Cl)c1)C(=O)CN(c1ccc(OC)c(Cl)c1)S(C)(=O)=O. The Morgan fingerprint density at radius 2 is 1.62 bits per heavy atom. The Labute approximate surface area is 243 Å². The van der Waals surface area contributed by atoms with Gasteiger partial charge >= 0.3 is 0 Å². The molecule has 208 valence electrons. The topological polar surface area (TPSA) is 96.0 Å². The molecule has 0 spiro atoms. The number of methoxy groups -OCH3 is 1. The van der Waals surface area contributed by atoms with Crippen LogP contribution in [0.5, 0.6) is 5.75 Å². The first kappa shape index (κ1) is 30.6. The van der Waals surface area contributed by atoms with Crippen LogP contribution in [0.15, 0.2) is 66.7 Å². The van der Waals surface area contributed by atoms with Crippen LogP contribution >= 0.6 is 34.8 Å². The molecule has 0 aromatic heterocycles. The molecular weight excluding hydrogens is 585 g/mol. The highest BCUT2D eigenvalue weighted by atomic mass is 35.5. The third-order valence-electron chi connectivity index (χ3n) is 5.96. The van der Waals surface area contributed by atoms with E-state index in [2.05, 4.69) is 5.32 Å². The number of rotatable bonds is 11. The molecule has 1 N–H and O–H groups in total. The highest BCUT2D eigenvalue weighted by Gasteiger charge is 2.32. The fourth-order valence-corrected chi connectivity index (χ4v) is 5.39. The Kier molecular flexibility index (Phi) is 10.5. The van der Waals surface area contributed by atoms with Gasteiger partial charge in [0.05, 0.1) is 34.1 Å². The summed E-state index contributed by atoms with van der Waals surface area (Å²) in [6, 6.07) is 17.5. The third-order valence-corrected chi connectivity index (χ3v) is 8.13. The van der Waals surface area contributed by atoms with Crippen LogP contribution in [0.1, 0.15) is 11.1 Å². The number of anilines is 1. The van der Waals surface area contributed by atoms with Crippen molar-refractivity contribution in [3.63, 3.8) is 0 Å². The second kappa shape index (κ2) is 13.4. The number of amides is 2. The minimum Gasteiger partial charge on any atom is -0.495 e. The second-order valence-corrected chi connectivity index (χ2v) is 11.8. The molecule has 0 aliphatic rings. The molecule has 3 aromatic carbocycles. The molecule has 8 nitrogen and oxygen atoms in total. The summed E-state index contributed by atoms with van der Waals surface area (Å²) in [6.07, 6.45) is 1.18. The first-order valence-corrected chi connectivity index (χ1v) is 14.7. The predicted molar refractivity (Wildman–Crippen MR) is 155 cm³/mol. The Hall–Kier alpha value is -2.98. The van der Waals surface area contributed by atoms with Gasteiger partial charge in [-0.15, -0.1) is 0 Å². The predicted octanol–water partition coefficient (Wildman–Crippen LogP) is 4.81. The van der Waals surface area contributed by atoms with Crippen LogP contribution < -0.4 is 14.4 Å². The molecule has 3 aromatic rings. The fraction of sp³-hybridized carbons (Fsp3) is 0.259. The molecular formula is C27H28Cl3N3O5S. The Morgan fingerprint density at radius 3 is 2.18 bits per heavy atom. The minimum absolute atomic E-state index is 0.0262. The van der Waals surface area contributed by atoms with Crippen LogP contribution in [0.3, 0.4) is 0 Å². The zero-order chi connectivity index (χ0) is 28.7. The number of ether oxygens (including phenoxy) is 1. The fourth-order valence-electron chi connectivity index (χ4n) is 3.98. The largest absolute Gasteiger partial charge is 0.495 e. The molecule has 0 saturated carbocycles. The molecule has 2 amide bonds. The summed E-state index contributed by atoms with van der Waals surface area (Å²) in [7, 11) is -1.02. The van der Waals surface area contributed by atoms with E-state index in [-0.39, 0.29) is 28.7 Å². The van der Waals surface area contributed by atoms with Crippen LogP contribution in [0.25, 0.3) is 0 Å². The van der Waals surface area contributed by atoms with Gasteiger partial charge in [-0.05, 0) is 41.5 Å². The van der Waals surface area contributed by atoms with Crippen molar-refractivity contribution in [2.24, 2.45) is 0 Å². The summed E-state index contributed by atoms with van der Waals surface area (Å²) in [5, 5.41) is 3.42. The number of halogens is 3. The monoisotopic (exact) mass is 611 g/mol. The molecule has 0 heterocycles. The highest BCUT2D eigenvalue weighted by Crippen LogP contribution is 2.31. The van der Waals surface area contributed by atoms with Crippen molar-refractivity contribution < 1.29 is 22.7 Å². The molecule has 0 saturated heterocycles. The first-order chi connectivity index (χ1) is 18.4. The van der Waals surface area contributed by atoms with E-state index in [4.69, 9.17) is 39.5 Å². The lowest BCUT2D eigenvalue weighted by Crippen LogP contribution is -2.52. The van der Waals surface area contributed by atoms with Crippen LogP contribution in [0.4, 0.5) is 5.69 Å². The third kappa shape index (κ3) is 8.02. The maximum atomic E-state index is 13.9. The summed E-state index contributed by atoms with van der Waals surface area (Å²) in [6.45, 7) is -0.604. The molecule has 0 fully saturated rings. The smallest absolute Gasteiger partial charge is 0.244 e. The van der Waals surface area contributed by atoms with Crippen LogP contribution in [-0.2, 0) is 32.6 Å². The van der Waals surface area contributed by atoms with Gasteiger partial charge in [-0.3, -0.25) is 13.9 Å². The highest BCUT2D eigenvalue weighted by molar-refractivity contribution is 7.92. The van der Waals surface area contributed by atoms with Crippen molar-refractivity contribution in [3.05, 3.63) is 92.9 Å². The Balaban J connectivity index is 2.05. The number of likely N-dealkylation sites (N-methyl/N-ethyl adjacent to an activating group) is 1. The lowest BCUT2D eigenvalue weighted by atomic mass is 10.0. The molecule has 0 unspecified atom stereocenters. The molecule has 39 heavy (non-hydrogen) atoms. The van der Waals surface area contributed by atoms with Crippen molar-refractivity contribution in [1.29, 1.82) is 0 Å². The lowest BCUT2D eigenvalue weighted by Gasteiger charge is -2.33. The van der Waals surface area contributed by atoms with E-state index < -0.39 is 34.4 Å². The van der Waals surface area contributed by atoms with Gasteiger partial charge in [0.15, 0.2) is 0 Å². The van der Waals surface area contributed by atoms with E-state index in [9.17, 15) is 18.0 Å². The first-order valence-electron chi connectivity index (χ1n) is 11.7. The quantitative estimate of drug-likeness (QED) is 0.335. The summed E-state index contributed by atoms with van der Waals surface area (Å²) < 4.78 is 31.7. The second-order valence-electron chi connectivity index (χ2n) is 8.68. The van der Waals surface area contributed by atoms with E-state index in [0.29, 0.717) is 16.3 Å². The number of benzene rings is 3. The van der Waals surface area contributed by atoms with Gasteiger partial charge < -0.3 is 15.0 Å². The van der Waals surface area contributed by atoms with Gasteiger partial charge in [0, 0.05) is 20.0 Å². The average Bonchev–Trinajstić information content (AvgIpc) is 2.90. The van der Waals surface area contributed by atoms with E-state index in [1.807, 2.05) is 30.3 Å². The summed E-state index contributed by atoms with van der Waals surface area (Å²) >= 11 is 18.5. The summed E-state index contributed by atoms with van der Waals surface area (Å²) in [5.74, 6) is -0.669.